The molecule has 0 saturated heterocycles. The number of nitrogen functional groups attached to an aromatic ring is 1. The SMILES string of the molecule is CNC(=O)c1c(NC(=O)c2sc(=S)n(-c3ccccc3)c2N)sc2c1CCCC2. The average Bonchev–Trinajstić information content (AvgIpc) is 3.24. The summed E-state index contributed by atoms with van der Waals surface area (Å²) in [6.07, 6.45) is 3.94. The summed E-state index contributed by atoms with van der Waals surface area (Å²) in [6.45, 7) is 0. The summed E-state index contributed by atoms with van der Waals surface area (Å²) >= 11 is 8.09. The number of anilines is 2. The fourth-order valence-corrected chi connectivity index (χ4v) is 6.09. The van der Waals surface area contributed by atoms with Crippen LogP contribution in [-0.4, -0.2) is 23.4 Å². The van der Waals surface area contributed by atoms with Gasteiger partial charge >= 0.3 is 0 Å². The molecule has 29 heavy (non-hydrogen) atoms. The fourth-order valence-electron chi connectivity index (χ4n) is 3.55. The van der Waals surface area contributed by atoms with Gasteiger partial charge in [0.25, 0.3) is 11.8 Å². The lowest BCUT2D eigenvalue weighted by Crippen LogP contribution is -2.22. The van der Waals surface area contributed by atoms with Crippen molar-refractivity contribution in [1.29, 1.82) is 0 Å². The number of nitrogens with zero attached hydrogens (tertiary/aromatic N) is 1. The molecular weight excluding hydrogens is 424 g/mol. The number of aryl methyl sites for hydroxylation is 1. The number of hydrogen-bond donors (Lipinski definition) is 3. The lowest BCUT2D eigenvalue weighted by Gasteiger charge is -2.12. The Hall–Kier alpha value is -2.49. The molecule has 6 nitrogen and oxygen atoms in total. The lowest BCUT2D eigenvalue weighted by atomic mass is 9.95. The molecule has 4 N–H and O–H groups in total. The van der Waals surface area contributed by atoms with Crippen molar-refractivity contribution in [2.24, 2.45) is 0 Å². The molecule has 3 aromatic rings. The van der Waals surface area contributed by atoms with E-state index in [2.05, 4.69) is 10.6 Å². The molecule has 2 heterocycles. The first kappa shape index (κ1) is 19.8. The molecule has 150 valence electrons. The van der Waals surface area contributed by atoms with E-state index in [0.29, 0.717) is 25.2 Å². The predicted molar refractivity (Wildman–Crippen MR) is 121 cm³/mol. The smallest absolute Gasteiger partial charge is 0.270 e. The normalized spacial score (nSPS) is 13.0. The van der Waals surface area contributed by atoms with E-state index in [1.807, 2.05) is 30.3 Å². The van der Waals surface area contributed by atoms with E-state index in [4.69, 9.17) is 18.0 Å². The van der Waals surface area contributed by atoms with E-state index in [0.717, 1.165) is 48.3 Å². The number of carbonyl (C=O) groups excluding carboxylic acids is 2. The minimum absolute atomic E-state index is 0.179. The van der Waals surface area contributed by atoms with E-state index in [1.165, 1.54) is 16.2 Å². The van der Waals surface area contributed by atoms with Crippen molar-refractivity contribution in [2.75, 3.05) is 18.1 Å². The largest absolute Gasteiger partial charge is 0.383 e. The van der Waals surface area contributed by atoms with Crippen LogP contribution < -0.4 is 16.4 Å². The molecule has 0 bridgehead atoms. The molecular formula is C20H20N4O2S3. The van der Waals surface area contributed by atoms with Crippen LogP contribution in [0.3, 0.4) is 0 Å². The Kier molecular flexibility index (Phi) is 5.53. The summed E-state index contributed by atoms with van der Waals surface area (Å²) in [5.74, 6) is -0.231. The summed E-state index contributed by atoms with van der Waals surface area (Å²) in [5, 5.41) is 6.19. The third kappa shape index (κ3) is 3.61. The number of benzene rings is 1. The molecule has 0 fully saturated rings. The van der Waals surface area contributed by atoms with Gasteiger partial charge in [0.1, 0.15) is 15.7 Å². The van der Waals surface area contributed by atoms with Crippen LogP contribution in [0.4, 0.5) is 10.8 Å². The fraction of sp³-hybridized carbons (Fsp3) is 0.250. The first-order valence-electron chi connectivity index (χ1n) is 9.26. The molecule has 0 radical (unpaired) electrons. The summed E-state index contributed by atoms with van der Waals surface area (Å²) < 4.78 is 2.18. The molecule has 0 saturated carbocycles. The Morgan fingerprint density at radius 2 is 1.83 bits per heavy atom. The highest BCUT2D eigenvalue weighted by molar-refractivity contribution is 7.73. The monoisotopic (exact) mass is 444 g/mol. The number of aromatic nitrogens is 1. The minimum atomic E-state index is -0.350. The number of thiazole rings is 1. The second kappa shape index (κ2) is 8.10. The van der Waals surface area contributed by atoms with Crippen LogP contribution in [0.1, 0.15) is 43.3 Å². The molecule has 1 aromatic carbocycles. The standard InChI is InChI=1S/C20H20N4O2S3/c1-22-17(25)14-12-9-5-6-10-13(12)28-19(14)23-18(26)15-16(21)24(20(27)29-15)11-7-3-2-4-8-11/h2-4,7-8H,5-6,9-10,21H2,1H3,(H,22,25)(H,23,26). The number of nitrogens with one attached hydrogen (secondary N) is 2. The van der Waals surface area contributed by atoms with Gasteiger partial charge in [-0.25, -0.2) is 0 Å². The van der Waals surface area contributed by atoms with Gasteiger partial charge in [0.05, 0.1) is 5.56 Å². The number of nitrogens with two attached hydrogens (primary N) is 1. The number of thiophene rings is 1. The van der Waals surface area contributed by atoms with E-state index in [-0.39, 0.29) is 11.8 Å². The Bertz CT molecular complexity index is 1140. The number of carbonyl (C=O) groups is 2. The predicted octanol–water partition coefficient (Wildman–Crippen LogP) is 4.40. The molecule has 4 rings (SSSR count). The van der Waals surface area contributed by atoms with Gasteiger partial charge in [0.2, 0.25) is 0 Å². The zero-order valence-corrected chi connectivity index (χ0v) is 18.2. The van der Waals surface area contributed by atoms with Gasteiger partial charge in [-0.1, -0.05) is 29.5 Å². The van der Waals surface area contributed by atoms with E-state index < -0.39 is 0 Å². The van der Waals surface area contributed by atoms with Crippen molar-refractivity contribution in [2.45, 2.75) is 25.7 Å². The van der Waals surface area contributed by atoms with E-state index in [9.17, 15) is 9.59 Å². The van der Waals surface area contributed by atoms with Gasteiger partial charge in [-0.15, -0.1) is 11.3 Å². The minimum Gasteiger partial charge on any atom is -0.383 e. The van der Waals surface area contributed by atoms with Gasteiger partial charge in [0.15, 0.2) is 3.95 Å². The third-order valence-corrected chi connectivity index (χ3v) is 7.51. The van der Waals surface area contributed by atoms with Crippen LogP contribution in [0.5, 0.6) is 0 Å². The Labute approximate surface area is 181 Å². The maximum atomic E-state index is 13.0. The van der Waals surface area contributed by atoms with Crippen molar-refractivity contribution < 1.29 is 9.59 Å². The maximum absolute atomic E-state index is 13.0. The summed E-state index contributed by atoms with van der Waals surface area (Å²) in [5.41, 5.74) is 8.72. The van der Waals surface area contributed by atoms with Crippen LogP contribution >= 0.6 is 34.9 Å². The molecule has 1 aliphatic carbocycles. The number of hydrogen-bond acceptors (Lipinski definition) is 6. The highest BCUT2D eigenvalue weighted by atomic mass is 32.1. The topological polar surface area (TPSA) is 89.2 Å². The van der Waals surface area contributed by atoms with Crippen molar-refractivity contribution in [1.82, 2.24) is 9.88 Å². The van der Waals surface area contributed by atoms with Crippen molar-refractivity contribution in [3.63, 3.8) is 0 Å². The van der Waals surface area contributed by atoms with E-state index in [1.54, 1.807) is 11.6 Å². The quantitative estimate of drug-likeness (QED) is 0.520. The molecule has 0 aliphatic heterocycles. The van der Waals surface area contributed by atoms with Crippen molar-refractivity contribution in [3.05, 3.63) is 55.2 Å². The van der Waals surface area contributed by atoms with Crippen LogP contribution in [0.15, 0.2) is 30.3 Å². The first-order valence-corrected chi connectivity index (χ1v) is 11.3. The number of fused-ring (bicyclic) bond motifs is 1. The van der Waals surface area contributed by atoms with Crippen LogP contribution in [0.25, 0.3) is 5.69 Å². The third-order valence-electron chi connectivity index (χ3n) is 4.92. The van der Waals surface area contributed by atoms with Gasteiger partial charge in [-0.3, -0.25) is 14.2 Å². The zero-order chi connectivity index (χ0) is 20.5. The first-order chi connectivity index (χ1) is 14.0. The molecule has 2 amide bonds. The van der Waals surface area contributed by atoms with Crippen LogP contribution in [0, 0.1) is 3.95 Å². The van der Waals surface area contributed by atoms with Crippen molar-refractivity contribution >= 4 is 57.5 Å². The van der Waals surface area contributed by atoms with E-state index >= 15 is 0 Å². The number of rotatable bonds is 4. The van der Waals surface area contributed by atoms with Gasteiger partial charge < -0.3 is 16.4 Å². The average molecular weight is 445 g/mol. The number of amides is 2. The second-order valence-electron chi connectivity index (χ2n) is 6.70. The molecule has 1 aliphatic rings. The zero-order valence-electron chi connectivity index (χ0n) is 15.8. The Morgan fingerprint density at radius 1 is 1.10 bits per heavy atom. The van der Waals surface area contributed by atoms with Gasteiger partial charge in [0, 0.05) is 17.6 Å². The Balaban J connectivity index is 1.70. The lowest BCUT2D eigenvalue weighted by molar-refractivity contribution is 0.0963. The summed E-state index contributed by atoms with van der Waals surface area (Å²) in [4.78, 5) is 27.1. The molecule has 0 spiro atoms. The molecule has 0 unspecified atom stereocenters. The second-order valence-corrected chi connectivity index (χ2v) is 9.45. The van der Waals surface area contributed by atoms with Gasteiger partial charge in [-0.05, 0) is 55.6 Å². The van der Waals surface area contributed by atoms with Crippen molar-refractivity contribution in [3.8, 4) is 5.69 Å². The highest BCUT2D eigenvalue weighted by Gasteiger charge is 2.27. The van der Waals surface area contributed by atoms with Crippen LogP contribution in [0.2, 0.25) is 0 Å². The van der Waals surface area contributed by atoms with Gasteiger partial charge in [-0.2, -0.15) is 0 Å². The highest BCUT2D eigenvalue weighted by Crippen LogP contribution is 2.39. The van der Waals surface area contributed by atoms with Crippen LogP contribution in [-0.2, 0) is 12.8 Å². The maximum Gasteiger partial charge on any atom is 0.270 e. The number of para-hydroxylation sites is 1. The Morgan fingerprint density at radius 3 is 2.55 bits per heavy atom. The summed E-state index contributed by atoms with van der Waals surface area (Å²) in [7, 11) is 1.60. The summed E-state index contributed by atoms with van der Waals surface area (Å²) in [6, 6.07) is 9.46. The molecule has 2 aromatic heterocycles. The molecule has 9 heteroatoms. The molecule has 0 atom stereocenters.